The van der Waals surface area contributed by atoms with Gasteiger partial charge in [0, 0.05) is 0 Å². The zero-order valence-electron chi connectivity index (χ0n) is 12.3. The molecule has 2 aliphatic heterocycles. The fourth-order valence-corrected chi connectivity index (χ4v) is 4.00. The van der Waals surface area contributed by atoms with Crippen LogP contribution in [0.2, 0.25) is 0 Å². The molecule has 2 N–H and O–H groups in total. The Labute approximate surface area is 130 Å². The summed E-state index contributed by atoms with van der Waals surface area (Å²) in [6.45, 7) is 6.04. The molecule has 1 aromatic carbocycles. The van der Waals surface area contributed by atoms with E-state index < -0.39 is 5.41 Å². The monoisotopic (exact) mass is 352 g/mol. The Bertz CT molecular complexity index is 629. The maximum absolute atomic E-state index is 12.7. The first-order valence-corrected chi connectivity index (χ1v) is 8.85. The van der Waals surface area contributed by atoms with E-state index in [0.29, 0.717) is 5.92 Å². The summed E-state index contributed by atoms with van der Waals surface area (Å²) in [4.78, 5) is 12.7. The zero-order valence-corrected chi connectivity index (χ0v) is 14.1. The Hall–Kier alpha value is -1.23. The molecule has 1 unspecified atom stereocenters. The van der Waals surface area contributed by atoms with Gasteiger partial charge in [0.25, 0.3) is 0 Å². The number of fused-ring (bicyclic) bond motifs is 1. The van der Waals surface area contributed by atoms with Crippen LogP contribution in [-0.2, 0) is 4.79 Å². The molecule has 1 fully saturated rings. The van der Waals surface area contributed by atoms with Gasteiger partial charge >= 0.3 is 130 Å². The summed E-state index contributed by atoms with van der Waals surface area (Å²) in [5, 5.41) is 6.46. The second kappa shape index (κ2) is 5.87. The van der Waals surface area contributed by atoms with Crippen molar-refractivity contribution >= 4 is 37.5 Å². The van der Waals surface area contributed by atoms with E-state index in [1.165, 1.54) is 0 Å². The molecule has 1 saturated heterocycles. The number of nitrogens with one attached hydrogen (secondary N) is 2. The molecule has 6 heteroatoms. The van der Waals surface area contributed by atoms with Gasteiger partial charge in [-0.3, -0.25) is 0 Å². The van der Waals surface area contributed by atoms with Gasteiger partial charge in [-0.1, -0.05) is 0 Å². The molecule has 2 heterocycles. The summed E-state index contributed by atoms with van der Waals surface area (Å²) in [7, 11) is 0. The predicted molar refractivity (Wildman–Crippen MR) is 84.4 cm³/mol. The van der Waals surface area contributed by atoms with Gasteiger partial charge in [-0.2, -0.15) is 0 Å². The molecule has 0 spiro atoms. The molecule has 2 aliphatic rings. The van der Waals surface area contributed by atoms with Crippen molar-refractivity contribution in [2.45, 2.75) is 26.7 Å². The van der Waals surface area contributed by atoms with Crippen LogP contribution >= 0.6 is 0 Å². The minimum absolute atomic E-state index is 0.0687. The van der Waals surface area contributed by atoms with Crippen molar-refractivity contribution in [1.82, 2.24) is 5.32 Å². The maximum atomic E-state index is 12.7. The number of benzene rings is 1. The molecular formula is C15H20N4OSe. The number of hydrogen-bond acceptors (Lipinski definition) is 4. The number of rotatable bonds is 3. The molecule has 1 amide bonds. The number of anilines is 1. The molecule has 1 atom stereocenters. The Morgan fingerprint density at radius 1 is 1.43 bits per heavy atom. The molecule has 21 heavy (non-hydrogen) atoms. The SMILES string of the molecule is CC(C)(C(=O)Nc1cccc2c1N=[Se]=N2)C1CCCNC1. The summed E-state index contributed by atoms with van der Waals surface area (Å²) in [6.07, 6.45) is 2.24. The van der Waals surface area contributed by atoms with Crippen LogP contribution in [-0.4, -0.2) is 33.6 Å². The molecule has 0 aromatic heterocycles. The number of carbonyl (C=O) groups excluding carboxylic acids is 1. The van der Waals surface area contributed by atoms with E-state index in [4.69, 9.17) is 0 Å². The Morgan fingerprint density at radius 2 is 2.29 bits per heavy atom. The second-order valence-corrected chi connectivity index (χ2v) is 7.27. The van der Waals surface area contributed by atoms with E-state index in [1.807, 2.05) is 32.0 Å². The van der Waals surface area contributed by atoms with Crippen LogP contribution in [0.15, 0.2) is 26.1 Å². The molecule has 0 bridgehead atoms. The van der Waals surface area contributed by atoms with Crippen molar-refractivity contribution in [3.63, 3.8) is 0 Å². The van der Waals surface area contributed by atoms with Gasteiger partial charge in [-0.15, -0.1) is 0 Å². The van der Waals surface area contributed by atoms with Crippen LogP contribution in [0, 0.1) is 11.3 Å². The van der Waals surface area contributed by atoms with Crippen molar-refractivity contribution in [2.24, 2.45) is 19.3 Å². The fourth-order valence-electron chi connectivity index (χ4n) is 2.84. The van der Waals surface area contributed by atoms with Crippen molar-refractivity contribution < 1.29 is 4.79 Å². The number of carbonyl (C=O) groups is 1. The Balaban J connectivity index is 1.77. The van der Waals surface area contributed by atoms with E-state index in [1.54, 1.807) is 0 Å². The standard InChI is InChI=1S/C15H20N4OSe/c1-15(2,10-5-4-8-16-9-10)14(20)17-11-6-3-7-12-13(11)19-21-18-12/h3,6-7,10,16H,4-5,8-9H2,1-2H3,(H,17,20). The minimum atomic E-state index is -0.392. The van der Waals surface area contributed by atoms with E-state index in [-0.39, 0.29) is 20.5 Å². The quantitative estimate of drug-likeness (QED) is 0.835. The molecule has 0 aliphatic carbocycles. The number of nitrogens with zero attached hydrogens (tertiary/aromatic N) is 2. The van der Waals surface area contributed by atoms with Crippen molar-refractivity contribution in [3.05, 3.63) is 18.2 Å². The average molecular weight is 351 g/mol. The van der Waals surface area contributed by atoms with E-state index in [9.17, 15) is 4.79 Å². The van der Waals surface area contributed by atoms with Crippen LogP contribution in [0.3, 0.4) is 0 Å². The number of amides is 1. The third kappa shape index (κ3) is 2.89. The van der Waals surface area contributed by atoms with Crippen molar-refractivity contribution in [1.29, 1.82) is 0 Å². The van der Waals surface area contributed by atoms with Crippen molar-refractivity contribution in [2.75, 3.05) is 18.4 Å². The predicted octanol–water partition coefficient (Wildman–Crippen LogP) is 3.00. The summed E-state index contributed by atoms with van der Waals surface area (Å²) >= 11 is -0.0774. The van der Waals surface area contributed by atoms with Gasteiger partial charge in [-0.25, -0.2) is 0 Å². The van der Waals surface area contributed by atoms with E-state index in [2.05, 4.69) is 18.6 Å². The average Bonchev–Trinajstić information content (AvgIpc) is 2.97. The molecule has 1 aromatic rings. The Morgan fingerprint density at radius 3 is 3.05 bits per heavy atom. The Kier molecular flexibility index (Phi) is 4.11. The summed E-state index contributed by atoms with van der Waals surface area (Å²) < 4.78 is 8.77. The first kappa shape index (κ1) is 14.7. The van der Waals surface area contributed by atoms with Crippen LogP contribution in [0.1, 0.15) is 26.7 Å². The molecule has 0 saturated carbocycles. The normalized spacial score (nSPS) is 20.8. The summed E-state index contributed by atoms with van der Waals surface area (Å²) in [6, 6.07) is 5.77. The number of hydrogen-bond donors (Lipinski definition) is 2. The van der Waals surface area contributed by atoms with Crippen LogP contribution < -0.4 is 10.6 Å². The summed E-state index contributed by atoms with van der Waals surface area (Å²) in [5.41, 5.74) is 2.13. The van der Waals surface area contributed by atoms with E-state index in [0.717, 1.165) is 43.0 Å². The first-order valence-electron chi connectivity index (χ1n) is 7.32. The summed E-state index contributed by atoms with van der Waals surface area (Å²) in [5.74, 6) is 0.438. The third-order valence-electron chi connectivity index (χ3n) is 4.44. The molecule has 112 valence electrons. The van der Waals surface area contributed by atoms with Crippen LogP contribution in [0.5, 0.6) is 0 Å². The van der Waals surface area contributed by atoms with Gasteiger partial charge in [0.15, 0.2) is 0 Å². The fraction of sp³-hybridized carbons (Fsp3) is 0.533. The van der Waals surface area contributed by atoms with Gasteiger partial charge in [0.05, 0.1) is 0 Å². The molecule has 3 rings (SSSR count). The van der Waals surface area contributed by atoms with Gasteiger partial charge < -0.3 is 0 Å². The van der Waals surface area contributed by atoms with Crippen LogP contribution in [0.25, 0.3) is 0 Å². The van der Waals surface area contributed by atoms with Gasteiger partial charge in [0.1, 0.15) is 0 Å². The van der Waals surface area contributed by atoms with Gasteiger partial charge in [0.2, 0.25) is 0 Å². The van der Waals surface area contributed by atoms with Gasteiger partial charge in [-0.05, 0) is 0 Å². The first-order chi connectivity index (χ1) is 10.1. The van der Waals surface area contributed by atoms with Crippen molar-refractivity contribution in [3.8, 4) is 0 Å². The second-order valence-electron chi connectivity index (χ2n) is 6.16. The molecule has 5 nitrogen and oxygen atoms in total. The van der Waals surface area contributed by atoms with Crippen LogP contribution in [0.4, 0.5) is 17.1 Å². The molecular weight excluding hydrogens is 331 g/mol. The third-order valence-corrected chi connectivity index (χ3v) is 5.58. The number of piperidine rings is 1. The molecule has 0 radical (unpaired) electrons. The van der Waals surface area contributed by atoms with E-state index >= 15 is 0 Å². The topological polar surface area (TPSA) is 65.8 Å². The zero-order chi connectivity index (χ0) is 14.9.